The molecule has 0 aliphatic carbocycles. The highest BCUT2D eigenvalue weighted by Crippen LogP contribution is 2.17. The molecular formula is C16H20N4O3S. The summed E-state index contributed by atoms with van der Waals surface area (Å²) in [7, 11) is 0. The van der Waals surface area contributed by atoms with E-state index in [1.807, 2.05) is 24.3 Å². The normalized spacial score (nSPS) is 15.7. The molecule has 1 aliphatic heterocycles. The summed E-state index contributed by atoms with van der Waals surface area (Å²) in [6.45, 7) is 2.06. The van der Waals surface area contributed by atoms with Crippen molar-refractivity contribution in [2.75, 3.05) is 31.0 Å². The van der Waals surface area contributed by atoms with Crippen LogP contribution in [-0.4, -0.2) is 37.3 Å². The summed E-state index contributed by atoms with van der Waals surface area (Å²) in [5, 5.41) is 6.55. The summed E-state index contributed by atoms with van der Waals surface area (Å²) >= 11 is 1.40. The minimum Gasteiger partial charge on any atom is -0.493 e. The zero-order valence-corrected chi connectivity index (χ0v) is 14.0. The van der Waals surface area contributed by atoms with E-state index in [1.165, 1.54) is 11.3 Å². The molecule has 3 N–H and O–H groups in total. The zero-order chi connectivity index (χ0) is 16.6. The van der Waals surface area contributed by atoms with Crippen molar-refractivity contribution in [3.8, 4) is 5.75 Å². The highest BCUT2D eigenvalue weighted by Gasteiger charge is 2.13. The molecule has 7 nitrogen and oxygen atoms in total. The molecule has 1 aromatic heterocycles. The lowest BCUT2D eigenvalue weighted by Gasteiger charge is -2.23. The molecule has 1 aromatic carbocycles. The number of nitrogen functional groups attached to an aromatic ring is 1. The minimum absolute atomic E-state index is 0.154. The van der Waals surface area contributed by atoms with Gasteiger partial charge in [-0.15, -0.1) is 11.3 Å². The van der Waals surface area contributed by atoms with Crippen molar-refractivity contribution in [2.24, 2.45) is 5.10 Å². The van der Waals surface area contributed by atoms with Crippen LogP contribution >= 0.6 is 11.3 Å². The van der Waals surface area contributed by atoms with E-state index in [2.05, 4.69) is 15.5 Å². The topological polar surface area (TPSA) is 91.0 Å². The number of benzene rings is 1. The Morgan fingerprint density at radius 1 is 1.42 bits per heavy atom. The van der Waals surface area contributed by atoms with Gasteiger partial charge in [-0.25, -0.2) is 4.98 Å². The molecule has 0 amide bonds. The standard InChI is InChI=1S/C16H20N4O3S/c17-14-11-24-16(19-14)20-18-10-12-3-1-4-13(9-12)21-8-5-15-22-6-2-7-23-15/h1,3-4,9-11,15H,2,5-8,17H2,(H,19,20). The Hall–Kier alpha value is -2.16. The van der Waals surface area contributed by atoms with Gasteiger partial charge in [0.25, 0.3) is 0 Å². The molecule has 24 heavy (non-hydrogen) atoms. The first-order valence-electron chi connectivity index (χ1n) is 7.76. The minimum atomic E-state index is -0.154. The number of anilines is 2. The van der Waals surface area contributed by atoms with Gasteiger partial charge in [0.2, 0.25) is 5.13 Å². The fraction of sp³-hybridized carbons (Fsp3) is 0.375. The predicted octanol–water partition coefficient (Wildman–Crippen LogP) is 2.70. The first kappa shape index (κ1) is 16.7. The number of hydrogen-bond donors (Lipinski definition) is 2. The molecule has 8 heteroatoms. The van der Waals surface area contributed by atoms with Gasteiger partial charge >= 0.3 is 0 Å². The number of nitrogens with zero attached hydrogens (tertiary/aromatic N) is 2. The molecule has 3 rings (SSSR count). The van der Waals surface area contributed by atoms with E-state index in [0.29, 0.717) is 24.0 Å². The highest BCUT2D eigenvalue weighted by molar-refractivity contribution is 7.14. The molecule has 0 saturated carbocycles. The van der Waals surface area contributed by atoms with Gasteiger partial charge in [0.05, 0.1) is 26.0 Å². The molecule has 0 radical (unpaired) electrons. The van der Waals surface area contributed by atoms with Crippen molar-refractivity contribution in [3.05, 3.63) is 35.2 Å². The van der Waals surface area contributed by atoms with E-state index < -0.39 is 0 Å². The van der Waals surface area contributed by atoms with Crippen LogP contribution in [0.15, 0.2) is 34.7 Å². The molecule has 1 saturated heterocycles. The van der Waals surface area contributed by atoms with Gasteiger partial charge in [-0.3, -0.25) is 5.43 Å². The summed E-state index contributed by atoms with van der Waals surface area (Å²) < 4.78 is 16.7. The number of nitrogens with one attached hydrogen (secondary N) is 1. The highest BCUT2D eigenvalue weighted by atomic mass is 32.1. The summed E-state index contributed by atoms with van der Waals surface area (Å²) in [5.74, 6) is 1.27. The lowest BCUT2D eigenvalue weighted by Crippen LogP contribution is -2.26. The third-order valence-corrected chi connectivity index (χ3v) is 4.04. The second kappa shape index (κ2) is 8.62. The molecule has 0 unspecified atom stereocenters. The molecule has 2 aromatic rings. The summed E-state index contributed by atoms with van der Waals surface area (Å²) in [4.78, 5) is 4.07. The predicted molar refractivity (Wildman–Crippen MR) is 94.6 cm³/mol. The number of ether oxygens (including phenoxy) is 3. The monoisotopic (exact) mass is 348 g/mol. The van der Waals surface area contributed by atoms with Crippen LogP contribution in [0.3, 0.4) is 0 Å². The van der Waals surface area contributed by atoms with E-state index in [1.54, 1.807) is 11.6 Å². The second-order valence-electron chi connectivity index (χ2n) is 5.18. The van der Waals surface area contributed by atoms with Crippen molar-refractivity contribution in [1.82, 2.24) is 4.98 Å². The number of hydrazone groups is 1. The van der Waals surface area contributed by atoms with Crippen LogP contribution in [0.4, 0.5) is 10.9 Å². The molecule has 1 fully saturated rings. The molecule has 1 aliphatic rings. The maximum atomic E-state index is 5.75. The Labute approximate surface area is 144 Å². The van der Waals surface area contributed by atoms with Crippen molar-refractivity contribution >= 4 is 28.5 Å². The van der Waals surface area contributed by atoms with Crippen LogP contribution in [0.5, 0.6) is 5.75 Å². The molecular weight excluding hydrogens is 328 g/mol. The van der Waals surface area contributed by atoms with Gasteiger partial charge in [0.15, 0.2) is 6.29 Å². The Morgan fingerprint density at radius 2 is 2.29 bits per heavy atom. The van der Waals surface area contributed by atoms with Crippen molar-refractivity contribution < 1.29 is 14.2 Å². The van der Waals surface area contributed by atoms with Crippen LogP contribution in [0.2, 0.25) is 0 Å². The smallest absolute Gasteiger partial charge is 0.205 e. The SMILES string of the molecule is Nc1csc(NN=Cc2cccc(OCCC3OCCCO3)c2)n1. The third kappa shape index (κ3) is 5.19. The first-order valence-corrected chi connectivity index (χ1v) is 8.64. The number of rotatable bonds is 7. The molecule has 0 atom stereocenters. The van der Waals surface area contributed by atoms with Crippen LogP contribution in [0, 0.1) is 0 Å². The van der Waals surface area contributed by atoms with E-state index >= 15 is 0 Å². The number of aromatic nitrogens is 1. The average molecular weight is 348 g/mol. The van der Waals surface area contributed by atoms with Crippen molar-refractivity contribution in [1.29, 1.82) is 0 Å². The van der Waals surface area contributed by atoms with Crippen molar-refractivity contribution in [3.63, 3.8) is 0 Å². The molecule has 128 valence electrons. The lowest BCUT2D eigenvalue weighted by atomic mass is 10.2. The van der Waals surface area contributed by atoms with Gasteiger partial charge in [0, 0.05) is 11.8 Å². The lowest BCUT2D eigenvalue weighted by molar-refractivity contribution is -0.183. The second-order valence-corrected chi connectivity index (χ2v) is 6.04. The average Bonchev–Trinajstić information content (AvgIpc) is 3.02. The first-order chi connectivity index (χ1) is 11.8. The molecule has 0 spiro atoms. The fourth-order valence-electron chi connectivity index (χ4n) is 2.16. The van der Waals surface area contributed by atoms with E-state index in [4.69, 9.17) is 19.9 Å². The van der Waals surface area contributed by atoms with E-state index in [-0.39, 0.29) is 6.29 Å². The van der Waals surface area contributed by atoms with Crippen LogP contribution in [-0.2, 0) is 9.47 Å². The number of thiazole rings is 1. The van der Waals surface area contributed by atoms with Gasteiger partial charge in [-0.1, -0.05) is 12.1 Å². The van der Waals surface area contributed by atoms with Crippen molar-refractivity contribution in [2.45, 2.75) is 19.1 Å². The maximum absolute atomic E-state index is 5.75. The van der Waals surface area contributed by atoms with Crippen LogP contribution in [0.1, 0.15) is 18.4 Å². The zero-order valence-electron chi connectivity index (χ0n) is 13.2. The van der Waals surface area contributed by atoms with Gasteiger partial charge in [-0.2, -0.15) is 5.10 Å². The summed E-state index contributed by atoms with van der Waals surface area (Å²) in [5.41, 5.74) is 9.32. The van der Waals surface area contributed by atoms with Gasteiger partial charge < -0.3 is 19.9 Å². The number of hydrogen-bond acceptors (Lipinski definition) is 8. The Kier molecular flexibility index (Phi) is 6.00. The molecule has 2 heterocycles. The van der Waals surface area contributed by atoms with E-state index in [0.717, 1.165) is 30.9 Å². The Morgan fingerprint density at radius 3 is 3.08 bits per heavy atom. The maximum Gasteiger partial charge on any atom is 0.205 e. The quantitative estimate of drug-likeness (QED) is 0.590. The third-order valence-electron chi connectivity index (χ3n) is 3.27. The van der Waals surface area contributed by atoms with E-state index in [9.17, 15) is 0 Å². The van der Waals surface area contributed by atoms with Crippen LogP contribution in [0.25, 0.3) is 0 Å². The molecule has 0 bridgehead atoms. The van der Waals surface area contributed by atoms with Gasteiger partial charge in [-0.05, 0) is 24.1 Å². The number of nitrogens with two attached hydrogens (primary N) is 1. The Balaban J connectivity index is 1.46. The van der Waals surface area contributed by atoms with Crippen LogP contribution < -0.4 is 15.9 Å². The summed E-state index contributed by atoms with van der Waals surface area (Å²) in [6, 6.07) is 7.70. The fourth-order valence-corrected chi connectivity index (χ4v) is 2.71. The van der Waals surface area contributed by atoms with Gasteiger partial charge in [0.1, 0.15) is 11.6 Å². The summed E-state index contributed by atoms with van der Waals surface area (Å²) in [6.07, 6.45) is 3.22. The Bertz CT molecular complexity index is 671. The largest absolute Gasteiger partial charge is 0.493 e.